The van der Waals surface area contributed by atoms with Crippen molar-refractivity contribution in [3.63, 3.8) is 0 Å². The summed E-state index contributed by atoms with van der Waals surface area (Å²) >= 11 is 0. The van der Waals surface area contributed by atoms with E-state index in [9.17, 15) is 38.4 Å². The van der Waals surface area contributed by atoms with Crippen molar-refractivity contribution in [3.05, 3.63) is 83.4 Å². The van der Waals surface area contributed by atoms with E-state index in [1.807, 2.05) is 35.2 Å². The smallest absolute Gasteiger partial charge is 0.340 e. The van der Waals surface area contributed by atoms with Crippen LogP contribution in [0, 0.1) is 17.2 Å². The number of halogens is 1. The lowest BCUT2D eigenvalue weighted by Crippen LogP contribution is -2.57. The molecule has 10 nitrogen and oxygen atoms in total. The van der Waals surface area contributed by atoms with E-state index in [0.717, 1.165) is 37.7 Å². The molecule has 1 saturated carbocycles. The number of rotatable bonds is 6. The molecule has 1 unspecified atom stereocenters. The molecule has 3 amide bonds. The molecule has 4 aliphatic rings. The zero-order valence-electron chi connectivity index (χ0n) is 26.4. The zero-order chi connectivity index (χ0) is 33.8. The Balaban J connectivity index is 1.11. The van der Waals surface area contributed by atoms with E-state index in [-0.39, 0.29) is 40.8 Å². The molecule has 0 bridgehead atoms. The van der Waals surface area contributed by atoms with Crippen LogP contribution >= 0.6 is 7.60 Å². The van der Waals surface area contributed by atoms with Gasteiger partial charge in [-0.15, -0.1) is 0 Å². The standard InChI is InChI=1S/C36H38FN4O6P/c37-32(48(45,46)47)24-12-10-22-11-13-25(19-26(22)18-24)33(42)39-30-9-5-4-8-27-14-15-31(41(27)34(30)43)35(44)40-21-28(23-6-2-1-3-7-23)29(20-38)36(40)16-17-36/h1-3,6-7,10-13,18-19,27-32H,4-5,8-9,14-17,21H2,(H,39,42)(H2,45,46,47)/t27-,28+,29+,30-,31-,32?/m0/s1. The van der Waals surface area contributed by atoms with Crippen LogP contribution in [0.2, 0.25) is 0 Å². The molecule has 4 fully saturated rings. The highest BCUT2D eigenvalue weighted by Gasteiger charge is 2.64. The summed E-state index contributed by atoms with van der Waals surface area (Å²) in [4.78, 5) is 64.4. The number of hydrogen-bond acceptors (Lipinski definition) is 5. The van der Waals surface area contributed by atoms with Gasteiger partial charge in [0.15, 0.2) is 0 Å². The van der Waals surface area contributed by atoms with Crippen LogP contribution in [-0.2, 0) is 14.2 Å². The van der Waals surface area contributed by atoms with Crippen LogP contribution in [0.5, 0.6) is 0 Å². The van der Waals surface area contributed by atoms with Crippen LogP contribution in [0.1, 0.15) is 84.7 Å². The third-order valence-corrected chi connectivity index (χ3v) is 11.8. The van der Waals surface area contributed by atoms with Gasteiger partial charge >= 0.3 is 7.60 Å². The molecule has 3 aromatic carbocycles. The third-order valence-electron chi connectivity index (χ3n) is 10.9. The first-order chi connectivity index (χ1) is 23.0. The Morgan fingerprint density at radius 3 is 2.42 bits per heavy atom. The number of carbonyl (C=O) groups excluding carboxylic acids is 3. The molecule has 12 heteroatoms. The summed E-state index contributed by atoms with van der Waals surface area (Å²) in [6, 6.07) is 19.7. The number of nitrogens with zero attached hydrogens (tertiary/aromatic N) is 3. The quantitative estimate of drug-likeness (QED) is 0.300. The first-order valence-electron chi connectivity index (χ1n) is 16.6. The van der Waals surface area contributed by atoms with E-state index < -0.39 is 37.0 Å². The van der Waals surface area contributed by atoms with Crippen molar-refractivity contribution in [1.29, 1.82) is 5.26 Å². The van der Waals surface area contributed by atoms with Gasteiger partial charge in [-0.3, -0.25) is 18.9 Å². The second kappa shape index (κ2) is 12.4. The van der Waals surface area contributed by atoms with E-state index in [1.165, 1.54) is 24.3 Å². The molecule has 3 saturated heterocycles. The maximum atomic E-state index is 14.4. The fourth-order valence-electron chi connectivity index (χ4n) is 8.33. The molecule has 1 aliphatic carbocycles. The number of nitrogens with one attached hydrogen (secondary N) is 1. The predicted molar refractivity (Wildman–Crippen MR) is 175 cm³/mol. The first kappa shape index (κ1) is 32.4. The summed E-state index contributed by atoms with van der Waals surface area (Å²) in [7, 11) is -5.01. The normalized spacial score (nSPS) is 27.2. The third kappa shape index (κ3) is 5.70. The minimum absolute atomic E-state index is 0.0967. The van der Waals surface area contributed by atoms with Gasteiger partial charge in [0.25, 0.3) is 5.91 Å². The summed E-state index contributed by atoms with van der Waals surface area (Å²) in [6.07, 6.45) is 5.55. The van der Waals surface area contributed by atoms with Crippen LogP contribution in [0.25, 0.3) is 10.8 Å². The number of fused-ring (bicyclic) bond motifs is 2. The predicted octanol–water partition coefficient (Wildman–Crippen LogP) is 5.32. The summed E-state index contributed by atoms with van der Waals surface area (Å²) in [5.74, 6) is -3.80. The molecule has 3 heterocycles. The van der Waals surface area contributed by atoms with Gasteiger partial charge in [-0.2, -0.15) is 5.26 Å². The van der Waals surface area contributed by atoms with Crippen LogP contribution in [0.15, 0.2) is 66.7 Å². The van der Waals surface area contributed by atoms with Gasteiger partial charge in [0.1, 0.15) is 12.1 Å². The van der Waals surface area contributed by atoms with E-state index >= 15 is 0 Å². The van der Waals surface area contributed by atoms with Crippen molar-refractivity contribution in [2.75, 3.05) is 6.54 Å². The van der Waals surface area contributed by atoms with Crippen molar-refractivity contribution >= 4 is 36.1 Å². The van der Waals surface area contributed by atoms with Gasteiger partial charge in [-0.25, -0.2) is 4.39 Å². The van der Waals surface area contributed by atoms with Gasteiger partial charge in [0, 0.05) is 24.1 Å². The number of hydrogen-bond donors (Lipinski definition) is 3. The lowest BCUT2D eigenvalue weighted by atomic mass is 9.85. The molecule has 7 rings (SSSR count). The van der Waals surface area contributed by atoms with Crippen molar-refractivity contribution in [1.82, 2.24) is 15.1 Å². The number of alkyl halides is 1. The molecule has 48 heavy (non-hydrogen) atoms. The van der Waals surface area contributed by atoms with E-state index in [2.05, 4.69) is 11.4 Å². The Bertz CT molecular complexity index is 1860. The minimum atomic E-state index is -5.01. The molecule has 3 aromatic rings. The van der Waals surface area contributed by atoms with Gasteiger partial charge < -0.3 is 24.9 Å². The number of benzene rings is 3. The summed E-state index contributed by atoms with van der Waals surface area (Å²) < 4.78 is 25.9. The second-order valence-electron chi connectivity index (χ2n) is 13.7. The Kier molecular flexibility index (Phi) is 8.39. The molecular formula is C36H38FN4O6P. The van der Waals surface area contributed by atoms with Crippen LogP contribution in [0.4, 0.5) is 4.39 Å². The first-order valence-corrected chi connectivity index (χ1v) is 18.3. The number of carbonyl (C=O) groups is 3. The molecule has 250 valence electrons. The molecule has 3 aliphatic heterocycles. The van der Waals surface area contributed by atoms with Crippen LogP contribution in [0.3, 0.4) is 0 Å². The van der Waals surface area contributed by atoms with Crippen LogP contribution < -0.4 is 5.32 Å². The fourth-order valence-corrected chi connectivity index (χ4v) is 8.88. The molecule has 1 spiro atoms. The van der Waals surface area contributed by atoms with Gasteiger partial charge in [-0.1, -0.05) is 61.4 Å². The SMILES string of the molecule is N#C[C@@H]1[C@@H](c2ccccc2)CN(C(=O)[C@@H]2CC[C@@H]3CCCC[C@H](NC(=O)c4ccc5ccc(C(F)P(=O)(O)O)cc5c4)C(=O)N32)C12CC2. The summed E-state index contributed by atoms with van der Waals surface area (Å²) in [5, 5.41) is 14.2. The Morgan fingerprint density at radius 2 is 1.71 bits per heavy atom. The average molecular weight is 673 g/mol. The highest BCUT2D eigenvalue weighted by atomic mass is 31.2. The maximum absolute atomic E-state index is 14.4. The zero-order valence-corrected chi connectivity index (χ0v) is 27.3. The Morgan fingerprint density at radius 1 is 0.979 bits per heavy atom. The summed E-state index contributed by atoms with van der Waals surface area (Å²) in [5.41, 5.74) is 0.555. The van der Waals surface area contributed by atoms with Crippen LogP contribution in [-0.4, -0.2) is 67.5 Å². The molecule has 0 aromatic heterocycles. The molecular weight excluding hydrogens is 634 g/mol. The second-order valence-corrected chi connectivity index (χ2v) is 15.4. The number of likely N-dealkylation sites (tertiary alicyclic amines) is 1. The lowest BCUT2D eigenvalue weighted by molar-refractivity contribution is -0.148. The largest absolute Gasteiger partial charge is 0.363 e. The van der Waals surface area contributed by atoms with Crippen molar-refractivity contribution in [2.45, 2.75) is 86.9 Å². The van der Waals surface area contributed by atoms with Crippen molar-refractivity contribution in [2.24, 2.45) is 5.92 Å². The average Bonchev–Trinajstić information content (AvgIpc) is 3.64. The highest BCUT2D eigenvalue weighted by Crippen LogP contribution is 2.58. The molecule has 6 atom stereocenters. The van der Waals surface area contributed by atoms with Gasteiger partial charge in [0.05, 0.1) is 17.5 Å². The Labute approximate surface area is 278 Å². The summed E-state index contributed by atoms with van der Waals surface area (Å²) in [6.45, 7) is 0.436. The Hall–Kier alpha value is -4.10. The maximum Gasteiger partial charge on any atom is 0.363 e. The number of amides is 3. The van der Waals surface area contributed by atoms with E-state index in [1.54, 1.807) is 17.0 Å². The van der Waals surface area contributed by atoms with Crippen molar-refractivity contribution in [3.8, 4) is 6.07 Å². The van der Waals surface area contributed by atoms with Gasteiger partial charge in [0.2, 0.25) is 17.7 Å². The minimum Gasteiger partial charge on any atom is -0.340 e. The van der Waals surface area contributed by atoms with Crippen molar-refractivity contribution < 1.29 is 33.1 Å². The molecule has 3 N–H and O–H groups in total. The van der Waals surface area contributed by atoms with E-state index in [0.29, 0.717) is 36.6 Å². The fraction of sp³-hybridized carbons (Fsp3) is 0.444. The van der Waals surface area contributed by atoms with E-state index in [4.69, 9.17) is 0 Å². The molecule has 0 radical (unpaired) electrons. The topological polar surface area (TPSA) is 151 Å². The number of nitriles is 1. The lowest BCUT2D eigenvalue weighted by Gasteiger charge is -2.37. The van der Waals surface area contributed by atoms with Gasteiger partial charge in [-0.05, 0) is 78.6 Å². The highest BCUT2D eigenvalue weighted by molar-refractivity contribution is 7.51. The monoisotopic (exact) mass is 672 g/mol.